The van der Waals surface area contributed by atoms with Crippen LogP contribution in [0.25, 0.3) is 10.1 Å². The SMILES string of the molecule is Oc1csc2cc(S)c(I)cc12. The van der Waals surface area contributed by atoms with Gasteiger partial charge in [0.25, 0.3) is 0 Å². The Kier molecular flexibility index (Phi) is 2.22. The molecular weight excluding hydrogens is 303 g/mol. The summed E-state index contributed by atoms with van der Waals surface area (Å²) in [6, 6.07) is 3.93. The number of hydrogen-bond donors (Lipinski definition) is 2. The van der Waals surface area contributed by atoms with Crippen LogP contribution in [0.15, 0.2) is 22.4 Å². The Balaban J connectivity index is 2.87. The number of thiol groups is 1. The summed E-state index contributed by atoms with van der Waals surface area (Å²) >= 11 is 8.04. The highest BCUT2D eigenvalue weighted by molar-refractivity contribution is 14.1. The smallest absolute Gasteiger partial charge is 0.134 e. The zero-order valence-corrected chi connectivity index (χ0v) is 9.78. The Morgan fingerprint density at radius 3 is 2.92 bits per heavy atom. The van der Waals surface area contributed by atoms with Gasteiger partial charge in [0.1, 0.15) is 5.75 Å². The lowest BCUT2D eigenvalue weighted by Crippen LogP contribution is -1.73. The summed E-state index contributed by atoms with van der Waals surface area (Å²) in [5.74, 6) is 0.362. The molecule has 1 nitrogen and oxygen atoms in total. The van der Waals surface area contributed by atoms with Crippen molar-refractivity contribution in [1.82, 2.24) is 0 Å². The van der Waals surface area contributed by atoms with Gasteiger partial charge in [-0.15, -0.1) is 24.0 Å². The first-order chi connectivity index (χ1) is 5.68. The molecule has 0 aliphatic rings. The first-order valence-corrected chi connectivity index (χ1v) is 5.68. The van der Waals surface area contributed by atoms with Crippen LogP contribution in [0.5, 0.6) is 5.75 Å². The number of halogens is 1. The molecule has 2 rings (SSSR count). The van der Waals surface area contributed by atoms with Gasteiger partial charge in [0.2, 0.25) is 0 Å². The van der Waals surface area contributed by atoms with Gasteiger partial charge >= 0.3 is 0 Å². The van der Waals surface area contributed by atoms with Crippen molar-refractivity contribution in [3.05, 3.63) is 21.1 Å². The van der Waals surface area contributed by atoms with Crippen molar-refractivity contribution in [2.75, 3.05) is 0 Å². The van der Waals surface area contributed by atoms with Crippen molar-refractivity contribution in [1.29, 1.82) is 0 Å². The van der Waals surface area contributed by atoms with Gasteiger partial charge in [-0.2, -0.15) is 0 Å². The highest BCUT2D eigenvalue weighted by Gasteiger charge is 2.04. The van der Waals surface area contributed by atoms with E-state index < -0.39 is 0 Å². The predicted molar refractivity (Wildman–Crippen MR) is 63.5 cm³/mol. The first kappa shape index (κ1) is 8.65. The molecule has 1 aromatic carbocycles. The molecule has 0 unspecified atom stereocenters. The number of benzene rings is 1. The van der Waals surface area contributed by atoms with Crippen LogP contribution in [0.4, 0.5) is 0 Å². The minimum absolute atomic E-state index is 0.362. The van der Waals surface area contributed by atoms with Crippen LogP contribution in [0.2, 0.25) is 0 Å². The summed E-state index contributed by atoms with van der Waals surface area (Å²) in [5, 5.41) is 12.1. The van der Waals surface area contributed by atoms with E-state index >= 15 is 0 Å². The van der Waals surface area contributed by atoms with E-state index in [1.54, 1.807) is 5.38 Å². The van der Waals surface area contributed by atoms with Crippen LogP contribution in [-0.2, 0) is 0 Å². The standard InChI is InChI=1S/C8H5IOS2/c9-5-1-4-6(10)3-12-8(4)2-7(5)11/h1-3,10-11H. The maximum Gasteiger partial charge on any atom is 0.134 e. The lowest BCUT2D eigenvalue weighted by molar-refractivity contribution is 0.483. The number of rotatable bonds is 0. The highest BCUT2D eigenvalue weighted by Crippen LogP contribution is 2.34. The highest BCUT2D eigenvalue weighted by atomic mass is 127. The van der Waals surface area contributed by atoms with Gasteiger partial charge in [0, 0.05) is 23.9 Å². The molecule has 0 aliphatic carbocycles. The molecule has 1 aromatic heterocycles. The normalized spacial score (nSPS) is 10.8. The molecule has 0 radical (unpaired) electrons. The predicted octanol–water partition coefficient (Wildman–Crippen LogP) is 3.50. The van der Waals surface area contributed by atoms with E-state index in [1.165, 1.54) is 11.3 Å². The summed E-state index contributed by atoms with van der Waals surface area (Å²) < 4.78 is 2.15. The maximum absolute atomic E-state index is 9.41. The lowest BCUT2D eigenvalue weighted by atomic mass is 10.2. The Bertz CT molecular complexity index is 436. The molecule has 0 bridgehead atoms. The topological polar surface area (TPSA) is 20.2 Å². The fraction of sp³-hybridized carbons (Fsp3) is 0. The third-order valence-corrected chi connectivity index (χ3v) is 4.24. The minimum Gasteiger partial charge on any atom is -0.506 e. The van der Waals surface area contributed by atoms with Crippen molar-refractivity contribution in [2.45, 2.75) is 4.90 Å². The average Bonchev–Trinajstić information content (AvgIpc) is 2.35. The van der Waals surface area contributed by atoms with Crippen LogP contribution in [0.1, 0.15) is 0 Å². The van der Waals surface area contributed by atoms with Crippen LogP contribution in [0, 0.1) is 3.57 Å². The summed E-state index contributed by atoms with van der Waals surface area (Å²) in [4.78, 5) is 0.963. The van der Waals surface area contributed by atoms with Gasteiger partial charge in [-0.05, 0) is 34.7 Å². The molecule has 0 aliphatic heterocycles. The van der Waals surface area contributed by atoms with E-state index in [9.17, 15) is 5.11 Å². The van der Waals surface area contributed by atoms with Gasteiger partial charge in [-0.3, -0.25) is 0 Å². The second-order valence-electron chi connectivity index (χ2n) is 2.42. The first-order valence-electron chi connectivity index (χ1n) is 3.27. The number of hydrogen-bond acceptors (Lipinski definition) is 3. The van der Waals surface area contributed by atoms with E-state index in [4.69, 9.17) is 0 Å². The van der Waals surface area contributed by atoms with E-state index in [0.717, 1.165) is 18.6 Å². The maximum atomic E-state index is 9.41. The van der Waals surface area contributed by atoms with Crippen molar-refractivity contribution < 1.29 is 5.11 Å². The quantitative estimate of drug-likeness (QED) is 0.564. The third-order valence-electron chi connectivity index (χ3n) is 1.62. The van der Waals surface area contributed by atoms with Gasteiger partial charge in [-0.1, -0.05) is 0 Å². The van der Waals surface area contributed by atoms with Crippen LogP contribution >= 0.6 is 46.6 Å². The second kappa shape index (κ2) is 3.08. The molecule has 0 fully saturated rings. The Morgan fingerprint density at radius 1 is 1.42 bits per heavy atom. The van der Waals surface area contributed by atoms with Gasteiger partial charge < -0.3 is 5.11 Å². The number of fused-ring (bicyclic) bond motifs is 1. The summed E-state index contributed by atoms with van der Waals surface area (Å²) in [7, 11) is 0. The Labute approximate surface area is 93.0 Å². The molecule has 1 N–H and O–H groups in total. The summed E-state index contributed by atoms with van der Waals surface area (Å²) in [5.41, 5.74) is 0. The largest absolute Gasteiger partial charge is 0.506 e. The summed E-state index contributed by atoms with van der Waals surface area (Å²) in [6.07, 6.45) is 0. The third kappa shape index (κ3) is 1.31. The van der Waals surface area contributed by atoms with Crippen LogP contribution in [0.3, 0.4) is 0 Å². The summed E-state index contributed by atoms with van der Waals surface area (Å²) in [6.45, 7) is 0. The molecule has 1 heterocycles. The lowest BCUT2D eigenvalue weighted by Gasteiger charge is -1.96. The van der Waals surface area contributed by atoms with Crippen molar-refractivity contribution in [3.8, 4) is 5.75 Å². The molecule has 2 aromatic rings. The van der Waals surface area contributed by atoms with Crippen LogP contribution < -0.4 is 0 Å². The molecule has 0 spiro atoms. The van der Waals surface area contributed by atoms with Crippen molar-refractivity contribution >= 4 is 56.6 Å². The molecule has 0 amide bonds. The molecule has 62 valence electrons. The zero-order valence-electron chi connectivity index (χ0n) is 5.91. The second-order valence-corrected chi connectivity index (χ2v) is 4.98. The average molecular weight is 308 g/mol. The molecular formula is C8H5IOS2. The molecule has 0 saturated heterocycles. The van der Waals surface area contributed by atoms with Gasteiger partial charge in [-0.25, -0.2) is 0 Å². The molecule has 0 saturated carbocycles. The van der Waals surface area contributed by atoms with E-state index in [-0.39, 0.29) is 0 Å². The van der Waals surface area contributed by atoms with Crippen molar-refractivity contribution in [2.24, 2.45) is 0 Å². The Hall–Kier alpha value is 0.0600. The minimum atomic E-state index is 0.362. The van der Waals surface area contributed by atoms with E-state index in [0.29, 0.717) is 5.75 Å². The Morgan fingerprint density at radius 2 is 2.17 bits per heavy atom. The molecule has 4 heteroatoms. The fourth-order valence-electron chi connectivity index (χ4n) is 1.02. The van der Waals surface area contributed by atoms with Crippen molar-refractivity contribution in [3.63, 3.8) is 0 Å². The number of aromatic hydroxyl groups is 1. The number of thiophene rings is 1. The zero-order chi connectivity index (χ0) is 8.72. The van der Waals surface area contributed by atoms with Gasteiger partial charge in [0.15, 0.2) is 0 Å². The van der Waals surface area contributed by atoms with E-state index in [1.807, 2.05) is 12.1 Å². The van der Waals surface area contributed by atoms with Gasteiger partial charge in [0.05, 0.1) is 0 Å². The molecule has 12 heavy (non-hydrogen) atoms. The van der Waals surface area contributed by atoms with E-state index in [2.05, 4.69) is 35.2 Å². The fourth-order valence-corrected chi connectivity index (χ4v) is 2.61. The monoisotopic (exact) mass is 308 g/mol. The molecule has 0 atom stereocenters. The van der Waals surface area contributed by atoms with Crippen LogP contribution in [-0.4, -0.2) is 5.11 Å².